The Morgan fingerprint density at radius 2 is 1.95 bits per heavy atom. The second-order valence-corrected chi connectivity index (χ2v) is 4.70. The topological polar surface area (TPSA) is 56.2 Å². The molecule has 2 aromatic heterocycles. The maximum absolute atomic E-state index is 5.79. The highest BCUT2D eigenvalue weighted by Crippen LogP contribution is 2.13. The van der Waals surface area contributed by atoms with Crippen LogP contribution in [-0.2, 0) is 13.0 Å². The van der Waals surface area contributed by atoms with Crippen LogP contribution in [0.2, 0.25) is 0 Å². The highest BCUT2D eigenvalue weighted by molar-refractivity contribution is 5.41. The SMILES string of the molecule is Cc1cccc(Cc2nnc3cccc(CN)n23)c1. The summed E-state index contributed by atoms with van der Waals surface area (Å²) in [7, 11) is 0. The molecule has 0 radical (unpaired) electrons. The van der Waals surface area contributed by atoms with Crippen molar-refractivity contribution in [2.45, 2.75) is 19.9 Å². The molecule has 0 aliphatic heterocycles. The van der Waals surface area contributed by atoms with Crippen LogP contribution in [0.1, 0.15) is 22.6 Å². The number of rotatable bonds is 3. The zero-order valence-corrected chi connectivity index (χ0v) is 10.9. The van der Waals surface area contributed by atoms with Crippen LogP contribution in [0.3, 0.4) is 0 Å². The number of benzene rings is 1. The van der Waals surface area contributed by atoms with Crippen LogP contribution < -0.4 is 5.73 Å². The number of hydrogen-bond donors (Lipinski definition) is 1. The molecule has 0 bridgehead atoms. The van der Waals surface area contributed by atoms with E-state index in [0.717, 1.165) is 23.6 Å². The Morgan fingerprint density at radius 3 is 2.74 bits per heavy atom. The minimum absolute atomic E-state index is 0.482. The summed E-state index contributed by atoms with van der Waals surface area (Å²) in [6, 6.07) is 14.4. The maximum Gasteiger partial charge on any atom is 0.161 e. The Morgan fingerprint density at radius 1 is 1.11 bits per heavy atom. The number of nitrogens with zero attached hydrogens (tertiary/aromatic N) is 3. The molecular weight excluding hydrogens is 236 g/mol. The van der Waals surface area contributed by atoms with Crippen LogP contribution in [0.4, 0.5) is 0 Å². The van der Waals surface area contributed by atoms with Gasteiger partial charge in [-0.2, -0.15) is 0 Å². The van der Waals surface area contributed by atoms with Gasteiger partial charge in [0.2, 0.25) is 0 Å². The molecule has 2 heterocycles. The summed E-state index contributed by atoms with van der Waals surface area (Å²) in [5.41, 5.74) is 10.2. The first-order valence-electron chi connectivity index (χ1n) is 6.35. The van der Waals surface area contributed by atoms with Crippen LogP contribution in [0.25, 0.3) is 5.65 Å². The van der Waals surface area contributed by atoms with Gasteiger partial charge in [0.25, 0.3) is 0 Å². The van der Waals surface area contributed by atoms with Crippen molar-refractivity contribution in [2.75, 3.05) is 0 Å². The summed E-state index contributed by atoms with van der Waals surface area (Å²) >= 11 is 0. The number of pyridine rings is 1. The number of nitrogens with two attached hydrogens (primary N) is 1. The van der Waals surface area contributed by atoms with Gasteiger partial charge in [0, 0.05) is 18.7 Å². The van der Waals surface area contributed by atoms with E-state index >= 15 is 0 Å². The monoisotopic (exact) mass is 252 g/mol. The molecule has 0 saturated carbocycles. The van der Waals surface area contributed by atoms with Gasteiger partial charge in [0.05, 0.1) is 0 Å². The van der Waals surface area contributed by atoms with Crippen molar-refractivity contribution in [1.82, 2.24) is 14.6 Å². The summed E-state index contributed by atoms with van der Waals surface area (Å²) in [6.07, 6.45) is 0.764. The normalized spacial score (nSPS) is 11.1. The van der Waals surface area contributed by atoms with Crippen LogP contribution >= 0.6 is 0 Å². The molecule has 3 aromatic rings. The number of aryl methyl sites for hydroxylation is 1. The fourth-order valence-corrected chi connectivity index (χ4v) is 2.35. The van der Waals surface area contributed by atoms with Crippen molar-refractivity contribution >= 4 is 5.65 Å². The molecule has 96 valence electrons. The number of fused-ring (bicyclic) bond motifs is 1. The molecule has 19 heavy (non-hydrogen) atoms. The van der Waals surface area contributed by atoms with Gasteiger partial charge in [-0.05, 0) is 24.6 Å². The van der Waals surface area contributed by atoms with E-state index in [4.69, 9.17) is 5.73 Å². The first-order chi connectivity index (χ1) is 9.28. The van der Waals surface area contributed by atoms with E-state index < -0.39 is 0 Å². The molecule has 4 heteroatoms. The Kier molecular flexibility index (Phi) is 3.01. The average molecular weight is 252 g/mol. The van der Waals surface area contributed by atoms with Crippen LogP contribution in [0.5, 0.6) is 0 Å². The first-order valence-corrected chi connectivity index (χ1v) is 6.35. The third-order valence-corrected chi connectivity index (χ3v) is 3.23. The van der Waals surface area contributed by atoms with E-state index in [1.807, 2.05) is 22.6 Å². The molecule has 0 fully saturated rings. The van der Waals surface area contributed by atoms with E-state index in [2.05, 4.69) is 41.4 Å². The molecule has 0 amide bonds. The quantitative estimate of drug-likeness (QED) is 0.776. The lowest BCUT2D eigenvalue weighted by Gasteiger charge is -2.06. The third-order valence-electron chi connectivity index (χ3n) is 3.23. The molecule has 3 rings (SSSR count). The van der Waals surface area contributed by atoms with E-state index in [1.54, 1.807) is 0 Å². The Balaban J connectivity index is 2.06. The lowest BCUT2D eigenvalue weighted by atomic mass is 10.1. The maximum atomic E-state index is 5.79. The van der Waals surface area contributed by atoms with Gasteiger partial charge >= 0.3 is 0 Å². The van der Waals surface area contributed by atoms with Gasteiger partial charge in [0.15, 0.2) is 5.65 Å². The van der Waals surface area contributed by atoms with Gasteiger partial charge in [0.1, 0.15) is 5.82 Å². The second-order valence-electron chi connectivity index (χ2n) is 4.70. The van der Waals surface area contributed by atoms with Crippen molar-refractivity contribution in [3.8, 4) is 0 Å². The van der Waals surface area contributed by atoms with Gasteiger partial charge in [-0.25, -0.2) is 0 Å². The molecule has 0 saturated heterocycles. The lowest BCUT2D eigenvalue weighted by molar-refractivity contribution is 0.870. The second kappa shape index (κ2) is 4.82. The molecule has 0 aliphatic carbocycles. The third kappa shape index (κ3) is 2.22. The lowest BCUT2D eigenvalue weighted by Crippen LogP contribution is -2.07. The van der Waals surface area contributed by atoms with Crippen molar-refractivity contribution in [3.05, 3.63) is 65.1 Å². The Hall–Kier alpha value is -2.20. The summed E-state index contributed by atoms with van der Waals surface area (Å²) in [5.74, 6) is 0.932. The largest absolute Gasteiger partial charge is 0.325 e. The smallest absolute Gasteiger partial charge is 0.161 e. The molecular formula is C15H16N4. The molecule has 0 unspecified atom stereocenters. The molecule has 1 aromatic carbocycles. The molecule has 0 atom stereocenters. The van der Waals surface area contributed by atoms with Crippen molar-refractivity contribution in [1.29, 1.82) is 0 Å². The zero-order chi connectivity index (χ0) is 13.2. The zero-order valence-electron chi connectivity index (χ0n) is 10.9. The predicted molar refractivity (Wildman–Crippen MR) is 74.9 cm³/mol. The van der Waals surface area contributed by atoms with Crippen LogP contribution in [0.15, 0.2) is 42.5 Å². The minimum atomic E-state index is 0.482. The first kappa shape index (κ1) is 11.9. The van der Waals surface area contributed by atoms with E-state index in [1.165, 1.54) is 11.1 Å². The summed E-state index contributed by atoms with van der Waals surface area (Å²) in [6.45, 7) is 2.58. The van der Waals surface area contributed by atoms with E-state index in [-0.39, 0.29) is 0 Å². The predicted octanol–water partition coefficient (Wildman–Crippen LogP) is 2.09. The van der Waals surface area contributed by atoms with Gasteiger partial charge in [-0.1, -0.05) is 35.9 Å². The highest BCUT2D eigenvalue weighted by Gasteiger charge is 2.09. The standard InChI is InChI=1S/C15H16N4/c1-11-4-2-5-12(8-11)9-15-18-17-14-7-3-6-13(10-16)19(14)15/h2-8H,9-10,16H2,1H3. The molecule has 0 spiro atoms. The summed E-state index contributed by atoms with van der Waals surface area (Å²) < 4.78 is 2.04. The molecule has 2 N–H and O–H groups in total. The van der Waals surface area contributed by atoms with Gasteiger partial charge < -0.3 is 5.73 Å². The fourth-order valence-electron chi connectivity index (χ4n) is 2.35. The molecule has 0 aliphatic rings. The number of hydrogen-bond acceptors (Lipinski definition) is 3. The van der Waals surface area contributed by atoms with Crippen molar-refractivity contribution in [3.63, 3.8) is 0 Å². The van der Waals surface area contributed by atoms with E-state index in [9.17, 15) is 0 Å². The van der Waals surface area contributed by atoms with Crippen LogP contribution in [0, 0.1) is 6.92 Å². The minimum Gasteiger partial charge on any atom is -0.325 e. The van der Waals surface area contributed by atoms with Gasteiger partial charge in [-0.15, -0.1) is 10.2 Å². The Bertz CT molecular complexity index is 715. The number of aromatic nitrogens is 3. The van der Waals surface area contributed by atoms with E-state index in [0.29, 0.717) is 6.54 Å². The Labute approximate surface area is 111 Å². The molecule has 4 nitrogen and oxygen atoms in total. The fraction of sp³-hybridized carbons (Fsp3) is 0.200. The van der Waals surface area contributed by atoms with Crippen molar-refractivity contribution < 1.29 is 0 Å². The summed E-state index contributed by atoms with van der Waals surface area (Å²) in [5, 5.41) is 8.49. The highest BCUT2D eigenvalue weighted by atomic mass is 15.2. The average Bonchev–Trinajstić information content (AvgIpc) is 2.82. The van der Waals surface area contributed by atoms with Crippen LogP contribution in [-0.4, -0.2) is 14.6 Å². The van der Waals surface area contributed by atoms with Gasteiger partial charge in [-0.3, -0.25) is 4.40 Å². The van der Waals surface area contributed by atoms with Crippen molar-refractivity contribution in [2.24, 2.45) is 5.73 Å². The summed E-state index contributed by atoms with van der Waals surface area (Å²) in [4.78, 5) is 0.